The number of ether oxygens (including phenoxy) is 2. The van der Waals surface area contributed by atoms with Crippen molar-refractivity contribution < 1.29 is 18.7 Å². The highest BCUT2D eigenvalue weighted by atomic mass is 28.4. The quantitative estimate of drug-likeness (QED) is 0.270. The molecule has 1 heterocycles. The Balaban J connectivity index is 1.50. The van der Waals surface area contributed by atoms with Gasteiger partial charge in [-0.05, 0) is 53.2 Å². The van der Waals surface area contributed by atoms with Crippen LogP contribution < -0.4 is 10.4 Å². The molecule has 5 atom stereocenters. The molecule has 2 fully saturated rings. The van der Waals surface area contributed by atoms with Crippen LogP contribution in [0.3, 0.4) is 0 Å². The largest absolute Gasteiger partial charge is 0.458 e. The second-order valence-corrected chi connectivity index (χ2v) is 16.7. The third-order valence-corrected chi connectivity index (χ3v) is 13.8. The van der Waals surface area contributed by atoms with Gasteiger partial charge in [0.15, 0.2) is 5.60 Å². The zero-order valence-corrected chi connectivity index (χ0v) is 24.9. The minimum Gasteiger partial charge on any atom is -0.458 e. The van der Waals surface area contributed by atoms with E-state index in [0.29, 0.717) is 25.0 Å². The molecule has 1 saturated carbocycles. The molecule has 2 aliphatic rings. The Morgan fingerprint density at radius 1 is 0.975 bits per heavy atom. The number of carbonyl (C=O) groups is 1. The summed E-state index contributed by atoms with van der Waals surface area (Å²) < 4.78 is 19.9. The Bertz CT molecular complexity index is 1300. The van der Waals surface area contributed by atoms with Crippen LogP contribution in [0, 0.1) is 23.2 Å². The van der Waals surface area contributed by atoms with Gasteiger partial charge >= 0.3 is 5.97 Å². The van der Waals surface area contributed by atoms with Gasteiger partial charge in [0.2, 0.25) is 0 Å². The molecule has 5 nitrogen and oxygen atoms in total. The number of nitrogens with zero attached hydrogens (tertiary/aromatic N) is 1. The fourth-order valence-corrected chi connectivity index (χ4v) is 11.3. The van der Waals surface area contributed by atoms with Crippen molar-refractivity contribution in [2.45, 2.75) is 69.8 Å². The van der Waals surface area contributed by atoms with Gasteiger partial charge < -0.3 is 13.9 Å². The molecule has 0 N–H and O–H groups in total. The van der Waals surface area contributed by atoms with Crippen molar-refractivity contribution in [2.24, 2.45) is 11.8 Å². The molecule has 0 unspecified atom stereocenters. The summed E-state index contributed by atoms with van der Waals surface area (Å²) in [5.74, 6) is -0.224. The standard InChI is InChI=1S/C34H39NO4Si/c1-33(2,3)40(26-16-10-6-11-17-26,27-18-12-7-13-19-27)37-23-29-28-20-21-34(4,24-35)39-31(28)22-30(29)38-32(36)25-14-8-5-9-15-25/h5-19,28-31H,20-23H2,1-4H3/t28-,29-,30-,31+,34-/m1/s1. The zero-order valence-electron chi connectivity index (χ0n) is 23.9. The molecule has 0 radical (unpaired) electrons. The molecule has 1 aliphatic carbocycles. The van der Waals surface area contributed by atoms with Crippen LogP contribution in [0.5, 0.6) is 0 Å². The lowest BCUT2D eigenvalue weighted by atomic mass is 9.83. The molecule has 1 aliphatic heterocycles. The van der Waals surface area contributed by atoms with Gasteiger partial charge in [0, 0.05) is 18.9 Å². The van der Waals surface area contributed by atoms with Crippen LogP contribution in [0.1, 0.15) is 57.3 Å². The number of benzene rings is 3. The number of hydrogen-bond donors (Lipinski definition) is 0. The molecule has 0 bridgehead atoms. The van der Waals surface area contributed by atoms with Crippen LogP contribution in [-0.2, 0) is 13.9 Å². The van der Waals surface area contributed by atoms with E-state index in [0.717, 1.165) is 6.42 Å². The summed E-state index contributed by atoms with van der Waals surface area (Å²) in [5, 5.41) is 12.0. The molecular formula is C34H39NO4Si. The number of rotatable bonds is 7. The molecule has 0 amide bonds. The van der Waals surface area contributed by atoms with E-state index < -0.39 is 13.9 Å². The molecular weight excluding hydrogens is 514 g/mol. The first-order chi connectivity index (χ1) is 19.2. The molecule has 40 heavy (non-hydrogen) atoms. The van der Waals surface area contributed by atoms with Crippen molar-refractivity contribution in [2.75, 3.05) is 6.61 Å². The molecule has 1 saturated heterocycles. The molecule has 208 valence electrons. The van der Waals surface area contributed by atoms with Gasteiger partial charge in [-0.15, -0.1) is 0 Å². The highest BCUT2D eigenvalue weighted by molar-refractivity contribution is 6.99. The van der Waals surface area contributed by atoms with Crippen molar-refractivity contribution in [1.29, 1.82) is 5.26 Å². The van der Waals surface area contributed by atoms with E-state index in [1.165, 1.54) is 10.4 Å². The maximum atomic E-state index is 13.2. The Labute approximate surface area is 239 Å². The van der Waals surface area contributed by atoms with Crippen molar-refractivity contribution >= 4 is 24.7 Å². The van der Waals surface area contributed by atoms with Crippen LogP contribution in [0.15, 0.2) is 91.0 Å². The van der Waals surface area contributed by atoms with Gasteiger partial charge in [-0.1, -0.05) is 99.6 Å². The van der Waals surface area contributed by atoms with E-state index in [1.54, 1.807) is 12.1 Å². The van der Waals surface area contributed by atoms with Crippen LogP contribution in [0.2, 0.25) is 5.04 Å². The van der Waals surface area contributed by atoms with E-state index in [9.17, 15) is 10.1 Å². The van der Waals surface area contributed by atoms with Gasteiger partial charge in [0.1, 0.15) is 6.10 Å². The first-order valence-electron chi connectivity index (χ1n) is 14.3. The maximum absolute atomic E-state index is 13.2. The van der Waals surface area contributed by atoms with E-state index >= 15 is 0 Å². The SMILES string of the molecule is CC(C)(C)[Si](OC[C@@H]1[C@H]2CC[C@](C)(C#N)O[C@H]2C[C@H]1OC(=O)c1ccccc1)(c1ccccc1)c1ccccc1. The summed E-state index contributed by atoms with van der Waals surface area (Å²) >= 11 is 0. The van der Waals surface area contributed by atoms with Crippen LogP contribution in [-0.4, -0.2) is 38.7 Å². The summed E-state index contributed by atoms with van der Waals surface area (Å²) in [4.78, 5) is 13.2. The molecule has 3 aromatic carbocycles. The minimum absolute atomic E-state index is 0.0393. The summed E-state index contributed by atoms with van der Waals surface area (Å²) in [6.07, 6.45) is 1.54. The maximum Gasteiger partial charge on any atom is 0.338 e. The van der Waals surface area contributed by atoms with Gasteiger partial charge in [-0.2, -0.15) is 5.26 Å². The second-order valence-electron chi connectivity index (χ2n) is 12.4. The number of esters is 1. The second kappa shape index (κ2) is 11.3. The van der Waals surface area contributed by atoms with Crippen molar-refractivity contribution in [1.82, 2.24) is 0 Å². The van der Waals surface area contributed by atoms with Crippen molar-refractivity contribution in [3.63, 3.8) is 0 Å². The van der Waals surface area contributed by atoms with Crippen LogP contribution in [0.4, 0.5) is 0 Å². The zero-order chi connectivity index (χ0) is 28.4. The number of fused-ring (bicyclic) bond motifs is 1. The highest BCUT2D eigenvalue weighted by Gasteiger charge is 2.55. The summed E-state index contributed by atoms with van der Waals surface area (Å²) in [6, 6.07) is 32.7. The third-order valence-electron chi connectivity index (χ3n) is 8.75. The minimum atomic E-state index is -2.78. The average Bonchev–Trinajstić information content (AvgIpc) is 3.29. The summed E-state index contributed by atoms with van der Waals surface area (Å²) in [7, 11) is -2.78. The Hall–Kier alpha value is -3.24. The van der Waals surface area contributed by atoms with E-state index in [1.807, 2.05) is 37.3 Å². The fraction of sp³-hybridized carbons (Fsp3) is 0.412. The normalized spacial score (nSPS) is 26.5. The Morgan fingerprint density at radius 2 is 1.52 bits per heavy atom. The average molecular weight is 554 g/mol. The predicted molar refractivity (Wildman–Crippen MR) is 159 cm³/mol. The number of carbonyl (C=O) groups excluding carboxylic acids is 1. The smallest absolute Gasteiger partial charge is 0.338 e. The Morgan fingerprint density at radius 3 is 2.05 bits per heavy atom. The van der Waals surface area contributed by atoms with E-state index in [2.05, 4.69) is 75.4 Å². The van der Waals surface area contributed by atoms with Gasteiger partial charge in [-0.3, -0.25) is 0 Å². The molecule has 0 spiro atoms. The lowest BCUT2D eigenvalue weighted by Gasteiger charge is -2.44. The highest BCUT2D eigenvalue weighted by Crippen LogP contribution is 2.47. The summed E-state index contributed by atoms with van der Waals surface area (Å²) in [6.45, 7) is 9.12. The van der Waals surface area contributed by atoms with E-state index in [4.69, 9.17) is 13.9 Å². The van der Waals surface area contributed by atoms with Crippen molar-refractivity contribution in [3.05, 3.63) is 96.6 Å². The monoisotopic (exact) mass is 553 g/mol. The summed E-state index contributed by atoms with van der Waals surface area (Å²) in [5.41, 5.74) is -0.282. The van der Waals surface area contributed by atoms with Crippen LogP contribution in [0.25, 0.3) is 0 Å². The number of nitriles is 1. The van der Waals surface area contributed by atoms with Gasteiger partial charge in [0.25, 0.3) is 8.32 Å². The molecule has 5 rings (SSSR count). The van der Waals surface area contributed by atoms with Gasteiger partial charge in [0.05, 0.1) is 17.7 Å². The Kier molecular flexibility index (Phi) is 8.01. The van der Waals surface area contributed by atoms with E-state index in [-0.39, 0.29) is 35.1 Å². The van der Waals surface area contributed by atoms with Gasteiger partial charge in [-0.25, -0.2) is 4.79 Å². The van der Waals surface area contributed by atoms with Crippen molar-refractivity contribution in [3.8, 4) is 6.07 Å². The lowest BCUT2D eigenvalue weighted by Crippen LogP contribution is -2.67. The molecule has 0 aromatic heterocycles. The first-order valence-corrected chi connectivity index (χ1v) is 16.2. The molecule has 3 aromatic rings. The first kappa shape index (κ1) is 28.3. The lowest BCUT2D eigenvalue weighted by molar-refractivity contribution is -0.109. The fourth-order valence-electron chi connectivity index (χ4n) is 6.71. The van der Waals surface area contributed by atoms with Crippen LogP contribution >= 0.6 is 0 Å². The predicted octanol–water partition coefficient (Wildman–Crippen LogP) is 5.89. The molecule has 6 heteroatoms. The third kappa shape index (κ3) is 5.39. The number of hydrogen-bond acceptors (Lipinski definition) is 5. The topological polar surface area (TPSA) is 68.6 Å².